The third kappa shape index (κ3) is 5.55. The highest BCUT2D eigenvalue weighted by Gasteiger charge is 2.19. The number of likely N-dealkylation sites (N-methyl/N-ethyl adjacent to an activating group) is 1. The van der Waals surface area contributed by atoms with Gasteiger partial charge in [-0.15, -0.1) is 0 Å². The molecule has 1 unspecified atom stereocenters. The maximum Gasteiger partial charge on any atom is 0.260 e. The van der Waals surface area contributed by atoms with Gasteiger partial charge in [0.05, 0.1) is 30.2 Å². The highest BCUT2D eigenvalue weighted by atomic mass is 35.5. The van der Waals surface area contributed by atoms with E-state index in [9.17, 15) is 4.79 Å². The molecule has 1 aliphatic rings. The second-order valence-electron chi connectivity index (χ2n) is 9.46. The van der Waals surface area contributed by atoms with Crippen LogP contribution < -0.4 is 10.9 Å². The Balaban J connectivity index is 1.58. The van der Waals surface area contributed by atoms with Crippen LogP contribution in [0.5, 0.6) is 0 Å². The van der Waals surface area contributed by atoms with Crippen LogP contribution in [0.3, 0.4) is 0 Å². The van der Waals surface area contributed by atoms with Gasteiger partial charge >= 0.3 is 0 Å². The standard InChI is InChI=1S/C28H32ClN7O2/c1-4-35(5-2)9-10-36-26-20(15-31-28(34-26)33-21-8-11-38-17-21)12-23(27(36)37)22-7-6-19(13-24(22)29)25-16-30-14-18(3)32-25/h6-7,12-16,21H,4-5,8-11,17H2,1-3H3,(H,31,33,34). The Morgan fingerprint density at radius 3 is 2.68 bits per heavy atom. The lowest BCUT2D eigenvalue weighted by Crippen LogP contribution is -2.32. The van der Waals surface area contributed by atoms with Crippen LogP contribution in [-0.2, 0) is 11.3 Å². The van der Waals surface area contributed by atoms with E-state index in [1.807, 2.05) is 31.2 Å². The topological polar surface area (TPSA) is 98.1 Å². The molecule has 1 aliphatic heterocycles. The largest absolute Gasteiger partial charge is 0.379 e. The number of hydrogen-bond acceptors (Lipinski definition) is 8. The number of fused-ring (bicyclic) bond motifs is 1. The van der Waals surface area contributed by atoms with Gasteiger partial charge in [-0.05, 0) is 38.6 Å². The maximum absolute atomic E-state index is 13.9. The average molecular weight is 534 g/mol. The minimum Gasteiger partial charge on any atom is -0.379 e. The van der Waals surface area contributed by atoms with Crippen molar-refractivity contribution in [2.75, 3.05) is 38.2 Å². The number of anilines is 1. The molecule has 0 saturated carbocycles. The first kappa shape index (κ1) is 26.2. The molecule has 4 aromatic rings. The normalized spacial score (nSPS) is 15.4. The lowest BCUT2D eigenvalue weighted by molar-refractivity contribution is 0.195. The van der Waals surface area contributed by atoms with Crippen LogP contribution in [0.1, 0.15) is 26.0 Å². The van der Waals surface area contributed by atoms with Gasteiger partial charge in [-0.25, -0.2) is 9.97 Å². The molecule has 1 N–H and O–H groups in total. The first-order valence-electron chi connectivity index (χ1n) is 13.0. The molecule has 0 amide bonds. The molecule has 0 radical (unpaired) electrons. The summed E-state index contributed by atoms with van der Waals surface area (Å²) in [4.78, 5) is 34.3. The zero-order valence-electron chi connectivity index (χ0n) is 21.9. The molecule has 9 nitrogen and oxygen atoms in total. The number of halogens is 1. The molecule has 198 valence electrons. The zero-order chi connectivity index (χ0) is 26.6. The second-order valence-corrected chi connectivity index (χ2v) is 9.87. The Labute approximate surface area is 226 Å². The van der Waals surface area contributed by atoms with E-state index >= 15 is 0 Å². The zero-order valence-corrected chi connectivity index (χ0v) is 22.7. The van der Waals surface area contributed by atoms with Crippen molar-refractivity contribution in [3.63, 3.8) is 0 Å². The molecule has 0 bridgehead atoms. The Morgan fingerprint density at radius 2 is 1.97 bits per heavy atom. The molecule has 0 aliphatic carbocycles. The van der Waals surface area contributed by atoms with Crippen LogP contribution in [0.25, 0.3) is 33.4 Å². The minimum atomic E-state index is -0.136. The molecule has 1 saturated heterocycles. The first-order valence-corrected chi connectivity index (χ1v) is 13.4. The Kier molecular flexibility index (Phi) is 7.97. The van der Waals surface area contributed by atoms with Crippen molar-refractivity contribution < 1.29 is 4.74 Å². The van der Waals surface area contributed by atoms with E-state index in [1.165, 1.54) is 0 Å². The van der Waals surface area contributed by atoms with Crippen molar-refractivity contribution in [2.45, 2.75) is 39.8 Å². The van der Waals surface area contributed by atoms with Crippen LogP contribution in [0.15, 0.2) is 47.7 Å². The number of aryl methyl sites for hydroxylation is 1. The van der Waals surface area contributed by atoms with E-state index in [-0.39, 0.29) is 11.6 Å². The van der Waals surface area contributed by atoms with Gasteiger partial charge < -0.3 is 15.0 Å². The summed E-state index contributed by atoms with van der Waals surface area (Å²) in [6, 6.07) is 7.62. The van der Waals surface area contributed by atoms with Gasteiger partial charge in [0.1, 0.15) is 5.65 Å². The number of hydrogen-bond donors (Lipinski definition) is 1. The van der Waals surface area contributed by atoms with Gasteiger partial charge in [-0.2, -0.15) is 4.98 Å². The van der Waals surface area contributed by atoms with Crippen molar-refractivity contribution in [3.05, 3.63) is 63.9 Å². The predicted molar refractivity (Wildman–Crippen MR) is 151 cm³/mol. The fourth-order valence-corrected chi connectivity index (χ4v) is 5.02. The van der Waals surface area contributed by atoms with E-state index < -0.39 is 0 Å². The van der Waals surface area contributed by atoms with Crippen LogP contribution >= 0.6 is 11.6 Å². The van der Waals surface area contributed by atoms with Crippen molar-refractivity contribution in [3.8, 4) is 22.4 Å². The Hall–Kier alpha value is -3.40. The van der Waals surface area contributed by atoms with Gasteiger partial charge in [-0.1, -0.05) is 37.6 Å². The molecule has 4 heterocycles. The molecule has 1 fully saturated rings. The van der Waals surface area contributed by atoms with Crippen LogP contribution in [-0.4, -0.2) is 68.3 Å². The Morgan fingerprint density at radius 1 is 1.13 bits per heavy atom. The lowest BCUT2D eigenvalue weighted by Gasteiger charge is -2.20. The summed E-state index contributed by atoms with van der Waals surface area (Å²) in [5, 5.41) is 4.59. The maximum atomic E-state index is 13.9. The number of pyridine rings is 1. The number of rotatable bonds is 9. The predicted octanol–water partition coefficient (Wildman–Crippen LogP) is 4.42. The molecular formula is C28H32ClN7O2. The number of aromatic nitrogens is 5. The van der Waals surface area contributed by atoms with Gasteiger partial charge in [0, 0.05) is 59.2 Å². The van der Waals surface area contributed by atoms with E-state index in [0.717, 1.165) is 55.0 Å². The molecule has 10 heteroatoms. The highest BCUT2D eigenvalue weighted by molar-refractivity contribution is 6.33. The fraction of sp³-hybridized carbons (Fsp3) is 0.393. The average Bonchev–Trinajstić information content (AvgIpc) is 3.43. The number of benzene rings is 1. The monoisotopic (exact) mass is 533 g/mol. The summed E-state index contributed by atoms with van der Waals surface area (Å²) in [5.41, 5.74) is 4.03. The summed E-state index contributed by atoms with van der Waals surface area (Å²) in [5.74, 6) is 0.499. The molecule has 3 aromatic heterocycles. The molecular weight excluding hydrogens is 502 g/mol. The summed E-state index contributed by atoms with van der Waals surface area (Å²) >= 11 is 6.76. The third-order valence-electron chi connectivity index (χ3n) is 6.93. The van der Waals surface area contributed by atoms with Gasteiger partial charge in [-0.3, -0.25) is 14.3 Å². The van der Waals surface area contributed by atoms with E-state index in [1.54, 1.807) is 23.2 Å². The first-order chi connectivity index (χ1) is 18.5. The van der Waals surface area contributed by atoms with Crippen LogP contribution in [0.2, 0.25) is 5.02 Å². The number of nitrogens with zero attached hydrogens (tertiary/aromatic N) is 6. The molecule has 38 heavy (non-hydrogen) atoms. The van der Waals surface area contributed by atoms with Gasteiger partial charge in [0.2, 0.25) is 5.95 Å². The summed E-state index contributed by atoms with van der Waals surface area (Å²) in [6.07, 6.45) is 6.08. The second kappa shape index (κ2) is 11.6. The van der Waals surface area contributed by atoms with Gasteiger partial charge in [0.25, 0.3) is 5.56 Å². The smallest absolute Gasteiger partial charge is 0.260 e. The molecule has 0 spiro atoms. The fourth-order valence-electron chi connectivity index (χ4n) is 4.74. The minimum absolute atomic E-state index is 0.136. The molecule has 5 rings (SSSR count). The van der Waals surface area contributed by atoms with Crippen LogP contribution in [0.4, 0.5) is 5.95 Å². The molecule has 1 atom stereocenters. The van der Waals surface area contributed by atoms with Crippen molar-refractivity contribution in [1.29, 1.82) is 0 Å². The summed E-state index contributed by atoms with van der Waals surface area (Å²) in [7, 11) is 0. The number of ether oxygens (including phenoxy) is 1. The van der Waals surface area contributed by atoms with E-state index in [0.29, 0.717) is 40.9 Å². The molecule has 1 aromatic carbocycles. The number of nitrogens with one attached hydrogen (secondary N) is 1. The van der Waals surface area contributed by atoms with Gasteiger partial charge in [0.15, 0.2) is 0 Å². The summed E-state index contributed by atoms with van der Waals surface area (Å²) < 4.78 is 7.22. The van der Waals surface area contributed by atoms with Crippen molar-refractivity contribution >= 4 is 28.6 Å². The quantitative estimate of drug-likeness (QED) is 0.337. The third-order valence-corrected chi connectivity index (χ3v) is 7.25. The van der Waals surface area contributed by atoms with E-state index in [4.69, 9.17) is 21.3 Å². The van der Waals surface area contributed by atoms with Crippen molar-refractivity contribution in [1.82, 2.24) is 29.4 Å². The van der Waals surface area contributed by atoms with E-state index in [2.05, 4.69) is 39.0 Å². The SMILES string of the molecule is CCN(CC)CCn1c(=O)c(-c2ccc(-c3cncc(C)n3)cc2Cl)cc2cnc(NC3CCOC3)nc21. The highest BCUT2D eigenvalue weighted by Crippen LogP contribution is 2.31. The van der Waals surface area contributed by atoms with Crippen molar-refractivity contribution in [2.24, 2.45) is 0 Å². The summed E-state index contributed by atoms with van der Waals surface area (Å²) in [6.45, 7) is 10.5. The lowest BCUT2D eigenvalue weighted by atomic mass is 10.0. The van der Waals surface area contributed by atoms with Crippen LogP contribution in [0, 0.1) is 6.92 Å². The Bertz CT molecular complexity index is 1500.